The van der Waals surface area contributed by atoms with E-state index in [4.69, 9.17) is 14.2 Å². The van der Waals surface area contributed by atoms with Crippen LogP contribution in [0.15, 0.2) is 36.5 Å². The molecule has 3 aromatic rings. The number of halogens is 3. The second kappa shape index (κ2) is 20.2. The molecule has 4 aliphatic heterocycles. The summed E-state index contributed by atoms with van der Waals surface area (Å²) in [6.07, 6.45) is 5.76. The lowest BCUT2D eigenvalue weighted by atomic mass is 10.0. The summed E-state index contributed by atoms with van der Waals surface area (Å²) in [7, 11) is 2.62. The van der Waals surface area contributed by atoms with Crippen molar-refractivity contribution in [3.8, 4) is 5.75 Å². The third-order valence-corrected chi connectivity index (χ3v) is 12.8. The molecule has 0 bridgehead atoms. The minimum atomic E-state index is -3.64. The Morgan fingerprint density at radius 2 is 1.69 bits per heavy atom. The lowest BCUT2D eigenvalue weighted by molar-refractivity contribution is -0.140. The molecule has 1 saturated carbocycles. The predicted molar refractivity (Wildman–Crippen MR) is 236 cm³/mol. The minimum Gasteiger partial charge on any atom is -0.495 e. The van der Waals surface area contributed by atoms with Crippen LogP contribution >= 0.6 is 0 Å². The smallest absolute Gasteiger partial charge is 0.342 e. The van der Waals surface area contributed by atoms with Crippen molar-refractivity contribution in [3.63, 3.8) is 0 Å². The maximum atomic E-state index is 15.6. The molecule has 19 nitrogen and oxygen atoms in total. The quantitative estimate of drug-likeness (QED) is 0.113. The average Bonchev–Trinajstić information content (AvgIpc) is 3.92. The molecule has 1 aromatic heterocycles. The Bertz CT molecular complexity index is 2410. The Hall–Kier alpha value is -6.39. The second-order valence-electron chi connectivity index (χ2n) is 17.1. The van der Waals surface area contributed by atoms with Crippen LogP contribution in [0.3, 0.4) is 0 Å². The van der Waals surface area contributed by atoms with Gasteiger partial charge < -0.3 is 44.9 Å². The molecule has 5 aliphatic rings. The SMILES string of the molecule is COc1cc(C(=O)NC2CCN(CCOCCOCCNc3cccc4c3C(=O)N(C3CCC(=O)NC3=O)C4=O)CC2)c(F)cc1Nc1ncc2c(n1)N(C1CCCC1)CC(F)(F)C(=O)N2C. The van der Waals surface area contributed by atoms with Gasteiger partial charge in [-0.1, -0.05) is 18.9 Å². The number of imide groups is 2. The van der Waals surface area contributed by atoms with Crippen LogP contribution in [0.2, 0.25) is 0 Å². The summed E-state index contributed by atoms with van der Waals surface area (Å²) < 4.78 is 62.6. The van der Waals surface area contributed by atoms with Gasteiger partial charge in [0.2, 0.25) is 17.8 Å². The van der Waals surface area contributed by atoms with Gasteiger partial charge in [-0.25, -0.2) is 9.37 Å². The maximum absolute atomic E-state index is 15.6. The zero-order valence-corrected chi connectivity index (χ0v) is 37.2. The molecule has 22 heteroatoms. The monoisotopic (exact) mass is 934 g/mol. The van der Waals surface area contributed by atoms with Gasteiger partial charge >= 0.3 is 5.92 Å². The van der Waals surface area contributed by atoms with Crippen LogP contribution in [-0.2, 0) is 23.9 Å². The number of benzene rings is 2. The van der Waals surface area contributed by atoms with Crippen molar-refractivity contribution in [1.29, 1.82) is 0 Å². The fraction of sp³-hybridized carbons (Fsp3) is 0.511. The Kier molecular flexibility index (Phi) is 14.2. The number of aromatic nitrogens is 2. The van der Waals surface area contributed by atoms with E-state index in [0.717, 1.165) is 28.7 Å². The summed E-state index contributed by atoms with van der Waals surface area (Å²) in [5.74, 6) is -8.43. The summed E-state index contributed by atoms with van der Waals surface area (Å²) in [5, 5.41) is 11.2. The number of likely N-dealkylation sites (tertiary alicyclic amines) is 1. The number of carbonyl (C=O) groups is 6. The first-order valence-corrected chi connectivity index (χ1v) is 22.5. The van der Waals surface area contributed by atoms with Crippen LogP contribution in [0.25, 0.3) is 0 Å². The van der Waals surface area contributed by atoms with Crippen LogP contribution in [0.5, 0.6) is 5.75 Å². The summed E-state index contributed by atoms with van der Waals surface area (Å²) in [6.45, 7) is 2.99. The van der Waals surface area contributed by atoms with Crippen LogP contribution in [0, 0.1) is 5.82 Å². The molecule has 1 atom stereocenters. The number of hydrogen-bond acceptors (Lipinski definition) is 15. The van der Waals surface area contributed by atoms with Crippen molar-refractivity contribution in [2.45, 2.75) is 75.4 Å². The number of carbonyl (C=O) groups excluding carboxylic acids is 6. The van der Waals surface area contributed by atoms with Crippen LogP contribution < -0.4 is 35.8 Å². The van der Waals surface area contributed by atoms with E-state index in [-0.39, 0.29) is 70.5 Å². The summed E-state index contributed by atoms with van der Waals surface area (Å²) in [6, 6.07) is 5.76. The normalized spacial score (nSPS) is 20.2. The van der Waals surface area contributed by atoms with Crippen LogP contribution in [0.4, 0.5) is 42.0 Å². The van der Waals surface area contributed by atoms with E-state index in [9.17, 15) is 28.8 Å². The number of piperidine rings is 2. The van der Waals surface area contributed by atoms with Gasteiger partial charge in [0.05, 0.1) is 68.7 Å². The highest BCUT2D eigenvalue weighted by atomic mass is 19.3. The zero-order valence-electron chi connectivity index (χ0n) is 37.2. The number of hydrogen-bond donors (Lipinski definition) is 4. The molecule has 358 valence electrons. The fourth-order valence-electron chi connectivity index (χ4n) is 9.22. The Morgan fingerprint density at radius 1 is 0.940 bits per heavy atom. The molecule has 2 aromatic carbocycles. The Balaban J connectivity index is 0.749. The van der Waals surface area contributed by atoms with Gasteiger partial charge in [-0.2, -0.15) is 13.8 Å². The molecule has 8 rings (SSSR count). The number of anilines is 5. The van der Waals surface area contributed by atoms with Gasteiger partial charge in [-0.05, 0) is 50.3 Å². The van der Waals surface area contributed by atoms with Gasteiger partial charge in [0.15, 0.2) is 5.82 Å². The van der Waals surface area contributed by atoms with Crippen LogP contribution in [-0.4, -0.2) is 153 Å². The highest BCUT2D eigenvalue weighted by Gasteiger charge is 2.49. The lowest BCUT2D eigenvalue weighted by Gasteiger charge is -2.32. The van der Waals surface area contributed by atoms with Crippen molar-refractivity contribution in [2.24, 2.45) is 0 Å². The van der Waals surface area contributed by atoms with E-state index in [1.54, 1.807) is 12.1 Å². The van der Waals surface area contributed by atoms with Crippen molar-refractivity contribution in [3.05, 3.63) is 59.0 Å². The predicted octanol–water partition coefficient (Wildman–Crippen LogP) is 3.47. The number of ether oxygens (including phenoxy) is 3. The molecule has 67 heavy (non-hydrogen) atoms. The number of rotatable bonds is 17. The van der Waals surface area contributed by atoms with Gasteiger partial charge in [-0.15, -0.1) is 0 Å². The molecule has 0 spiro atoms. The fourth-order valence-corrected chi connectivity index (χ4v) is 9.22. The molecular formula is C45H53F3N10O9. The third kappa shape index (κ3) is 10.2. The molecule has 4 N–H and O–H groups in total. The van der Waals surface area contributed by atoms with Crippen molar-refractivity contribution >= 4 is 64.3 Å². The number of amides is 6. The lowest BCUT2D eigenvalue weighted by Crippen LogP contribution is -2.54. The molecule has 3 fully saturated rings. The van der Waals surface area contributed by atoms with Gasteiger partial charge in [0, 0.05) is 63.5 Å². The molecule has 2 saturated heterocycles. The zero-order chi connectivity index (χ0) is 47.4. The van der Waals surface area contributed by atoms with E-state index >= 15 is 13.2 Å². The summed E-state index contributed by atoms with van der Waals surface area (Å²) >= 11 is 0. The summed E-state index contributed by atoms with van der Waals surface area (Å²) in [4.78, 5) is 90.6. The number of nitrogens with one attached hydrogen (secondary N) is 4. The number of fused-ring (bicyclic) bond motifs is 2. The molecule has 1 unspecified atom stereocenters. The van der Waals surface area contributed by atoms with Crippen molar-refractivity contribution < 1.29 is 56.1 Å². The van der Waals surface area contributed by atoms with Gasteiger partial charge in [0.25, 0.3) is 23.6 Å². The standard InChI is InChI=1S/C45H53F3N10O9/c1-55-34-24-50-44(54-38(34)57(27-6-3-4-7-27)25-45(47,48)43(55)64)52-32-23-30(46)29(22-35(32)65-2)39(60)51-26-12-15-56(16-13-26)17-19-67-21-20-66-18-14-49-31-9-5-8-28-37(31)42(63)58(41(28)62)33-10-11-36(59)53-40(33)61/h5,8-9,22-24,26-27,33,49H,3-4,6-7,10-21,25H2,1-2H3,(H,51,60)(H,50,52,54)(H,53,59,61). The Morgan fingerprint density at radius 3 is 2.42 bits per heavy atom. The third-order valence-electron chi connectivity index (χ3n) is 12.8. The Labute approximate surface area is 384 Å². The second-order valence-corrected chi connectivity index (χ2v) is 17.1. The molecule has 5 heterocycles. The van der Waals surface area contributed by atoms with E-state index in [2.05, 4.69) is 36.1 Å². The number of methoxy groups -OCH3 is 1. The highest BCUT2D eigenvalue weighted by molar-refractivity contribution is 6.25. The van der Waals surface area contributed by atoms with E-state index in [1.807, 2.05) is 0 Å². The maximum Gasteiger partial charge on any atom is 0.342 e. The van der Waals surface area contributed by atoms with Crippen LogP contribution in [0.1, 0.15) is 82.4 Å². The van der Waals surface area contributed by atoms with E-state index < -0.39 is 59.8 Å². The summed E-state index contributed by atoms with van der Waals surface area (Å²) in [5.41, 5.74) is 0.836. The molecule has 0 radical (unpaired) electrons. The molecule has 6 amide bonds. The largest absolute Gasteiger partial charge is 0.495 e. The molecule has 1 aliphatic carbocycles. The van der Waals surface area contributed by atoms with Gasteiger partial charge in [0.1, 0.15) is 23.3 Å². The first-order valence-electron chi connectivity index (χ1n) is 22.5. The van der Waals surface area contributed by atoms with Crippen molar-refractivity contribution in [1.82, 2.24) is 30.4 Å². The average molecular weight is 935 g/mol. The number of nitrogens with zero attached hydrogens (tertiary/aromatic N) is 6. The van der Waals surface area contributed by atoms with Crippen molar-refractivity contribution in [2.75, 3.05) is 93.7 Å². The first kappa shape index (κ1) is 47.1. The van der Waals surface area contributed by atoms with E-state index in [1.165, 1.54) is 37.4 Å². The first-order chi connectivity index (χ1) is 32.2. The topological polar surface area (TPSA) is 217 Å². The van der Waals surface area contributed by atoms with Gasteiger partial charge in [-0.3, -0.25) is 39.0 Å². The minimum absolute atomic E-state index is 0.0330. The van der Waals surface area contributed by atoms with E-state index in [0.29, 0.717) is 84.0 Å². The number of alkyl halides is 2. The highest BCUT2D eigenvalue weighted by Crippen LogP contribution is 2.40. The molecular weight excluding hydrogens is 882 g/mol.